The van der Waals surface area contributed by atoms with Gasteiger partial charge in [-0.25, -0.2) is 4.98 Å². The third kappa shape index (κ3) is 2.18. The molecular formula is C10H15N3. The standard InChI is InChI=1S/C10H15N3/c11-10-6-2-5-9(13-10)7-12-8-3-1-4-8/h2,5-6,8,12H,1,3-4,7H2,(H2,11,13). The van der Waals surface area contributed by atoms with Crippen LogP contribution in [0.1, 0.15) is 25.0 Å². The highest BCUT2D eigenvalue weighted by Crippen LogP contribution is 2.18. The Kier molecular flexibility index (Phi) is 2.45. The number of aromatic nitrogens is 1. The van der Waals surface area contributed by atoms with Crippen molar-refractivity contribution in [3.8, 4) is 0 Å². The molecule has 0 amide bonds. The fraction of sp³-hybridized carbons (Fsp3) is 0.500. The van der Waals surface area contributed by atoms with E-state index < -0.39 is 0 Å². The van der Waals surface area contributed by atoms with Gasteiger partial charge in [0.2, 0.25) is 0 Å². The molecule has 3 nitrogen and oxygen atoms in total. The Morgan fingerprint density at radius 1 is 1.46 bits per heavy atom. The zero-order chi connectivity index (χ0) is 9.10. The van der Waals surface area contributed by atoms with Crippen LogP contribution in [-0.2, 0) is 6.54 Å². The normalized spacial score (nSPS) is 16.9. The van der Waals surface area contributed by atoms with Crippen molar-refractivity contribution in [2.75, 3.05) is 5.73 Å². The van der Waals surface area contributed by atoms with Crippen molar-refractivity contribution < 1.29 is 0 Å². The molecule has 1 fully saturated rings. The molecule has 13 heavy (non-hydrogen) atoms. The second-order valence-electron chi connectivity index (χ2n) is 3.56. The fourth-order valence-corrected chi connectivity index (χ4v) is 1.46. The molecule has 0 radical (unpaired) electrons. The largest absolute Gasteiger partial charge is 0.384 e. The van der Waals surface area contributed by atoms with Crippen molar-refractivity contribution in [1.29, 1.82) is 0 Å². The van der Waals surface area contributed by atoms with Crippen molar-refractivity contribution in [1.82, 2.24) is 10.3 Å². The number of rotatable bonds is 3. The molecule has 1 aliphatic carbocycles. The van der Waals surface area contributed by atoms with E-state index in [9.17, 15) is 0 Å². The van der Waals surface area contributed by atoms with Gasteiger partial charge in [0.05, 0.1) is 5.69 Å². The van der Waals surface area contributed by atoms with Gasteiger partial charge in [-0.3, -0.25) is 0 Å². The van der Waals surface area contributed by atoms with Gasteiger partial charge in [-0.1, -0.05) is 12.5 Å². The Balaban J connectivity index is 1.86. The van der Waals surface area contributed by atoms with Crippen LogP contribution in [0.5, 0.6) is 0 Å². The van der Waals surface area contributed by atoms with Crippen LogP contribution >= 0.6 is 0 Å². The van der Waals surface area contributed by atoms with Crippen LogP contribution in [0.4, 0.5) is 5.82 Å². The maximum absolute atomic E-state index is 5.57. The van der Waals surface area contributed by atoms with E-state index in [1.165, 1.54) is 19.3 Å². The molecule has 1 aromatic heterocycles. The molecule has 1 heterocycles. The molecule has 1 aromatic rings. The van der Waals surface area contributed by atoms with Crippen LogP contribution in [0, 0.1) is 0 Å². The molecule has 2 rings (SSSR count). The first-order valence-electron chi connectivity index (χ1n) is 4.79. The highest BCUT2D eigenvalue weighted by Gasteiger charge is 2.16. The summed E-state index contributed by atoms with van der Waals surface area (Å²) in [5, 5.41) is 3.44. The van der Waals surface area contributed by atoms with Crippen molar-refractivity contribution >= 4 is 5.82 Å². The molecule has 1 saturated carbocycles. The lowest BCUT2D eigenvalue weighted by atomic mass is 9.93. The minimum absolute atomic E-state index is 0.605. The second kappa shape index (κ2) is 3.75. The maximum Gasteiger partial charge on any atom is 0.123 e. The van der Waals surface area contributed by atoms with Gasteiger partial charge in [-0.15, -0.1) is 0 Å². The minimum Gasteiger partial charge on any atom is -0.384 e. The molecular weight excluding hydrogens is 162 g/mol. The van der Waals surface area contributed by atoms with Crippen LogP contribution in [-0.4, -0.2) is 11.0 Å². The quantitative estimate of drug-likeness (QED) is 0.731. The number of nitrogens with one attached hydrogen (secondary N) is 1. The highest BCUT2D eigenvalue weighted by atomic mass is 15.0. The van der Waals surface area contributed by atoms with Crippen LogP contribution in [0.25, 0.3) is 0 Å². The summed E-state index contributed by atoms with van der Waals surface area (Å²) in [5.74, 6) is 0.605. The molecule has 3 heteroatoms. The van der Waals surface area contributed by atoms with Gasteiger partial charge >= 0.3 is 0 Å². The third-order valence-corrected chi connectivity index (χ3v) is 2.51. The van der Waals surface area contributed by atoms with E-state index in [-0.39, 0.29) is 0 Å². The summed E-state index contributed by atoms with van der Waals surface area (Å²) >= 11 is 0. The molecule has 0 atom stereocenters. The van der Waals surface area contributed by atoms with Gasteiger partial charge in [-0.2, -0.15) is 0 Å². The number of hydrogen-bond donors (Lipinski definition) is 2. The summed E-state index contributed by atoms with van der Waals surface area (Å²) in [4.78, 5) is 4.22. The van der Waals surface area contributed by atoms with Crippen LogP contribution in [0.15, 0.2) is 18.2 Å². The first-order chi connectivity index (χ1) is 6.34. The van der Waals surface area contributed by atoms with Gasteiger partial charge in [0.15, 0.2) is 0 Å². The summed E-state index contributed by atoms with van der Waals surface area (Å²) in [6, 6.07) is 6.47. The topological polar surface area (TPSA) is 50.9 Å². The molecule has 0 unspecified atom stereocenters. The average Bonchev–Trinajstić information content (AvgIpc) is 2.01. The number of nitrogens with two attached hydrogens (primary N) is 1. The zero-order valence-corrected chi connectivity index (χ0v) is 7.66. The number of hydrogen-bond acceptors (Lipinski definition) is 3. The Bertz CT molecular complexity index is 281. The second-order valence-corrected chi connectivity index (χ2v) is 3.56. The summed E-state index contributed by atoms with van der Waals surface area (Å²) in [6.45, 7) is 0.843. The van der Waals surface area contributed by atoms with E-state index in [2.05, 4.69) is 10.3 Å². The number of pyridine rings is 1. The van der Waals surface area contributed by atoms with E-state index in [1.54, 1.807) is 0 Å². The monoisotopic (exact) mass is 177 g/mol. The molecule has 0 bridgehead atoms. The molecule has 1 aliphatic rings. The average molecular weight is 177 g/mol. The summed E-state index contributed by atoms with van der Waals surface area (Å²) in [6.07, 6.45) is 3.98. The minimum atomic E-state index is 0.605. The molecule has 0 spiro atoms. The Hall–Kier alpha value is -1.09. The smallest absolute Gasteiger partial charge is 0.123 e. The van der Waals surface area contributed by atoms with Crippen molar-refractivity contribution in [3.63, 3.8) is 0 Å². The third-order valence-electron chi connectivity index (χ3n) is 2.51. The van der Waals surface area contributed by atoms with Crippen LogP contribution < -0.4 is 11.1 Å². The summed E-state index contributed by atoms with van der Waals surface area (Å²) in [5.41, 5.74) is 6.61. The first-order valence-corrected chi connectivity index (χ1v) is 4.79. The van der Waals surface area contributed by atoms with Crippen molar-refractivity contribution in [2.24, 2.45) is 0 Å². The van der Waals surface area contributed by atoms with Gasteiger partial charge in [-0.05, 0) is 25.0 Å². The Morgan fingerprint density at radius 2 is 2.31 bits per heavy atom. The Labute approximate surface area is 78.4 Å². The van der Waals surface area contributed by atoms with E-state index in [1.807, 2.05) is 18.2 Å². The number of nitrogen functional groups attached to an aromatic ring is 1. The van der Waals surface area contributed by atoms with Crippen molar-refractivity contribution in [3.05, 3.63) is 23.9 Å². The summed E-state index contributed by atoms with van der Waals surface area (Å²) in [7, 11) is 0. The van der Waals surface area contributed by atoms with Crippen LogP contribution in [0.3, 0.4) is 0 Å². The molecule has 3 N–H and O–H groups in total. The molecule has 70 valence electrons. The summed E-state index contributed by atoms with van der Waals surface area (Å²) < 4.78 is 0. The Morgan fingerprint density at radius 3 is 2.92 bits per heavy atom. The molecule has 0 aromatic carbocycles. The predicted molar refractivity (Wildman–Crippen MR) is 53.1 cm³/mol. The van der Waals surface area contributed by atoms with Crippen LogP contribution in [0.2, 0.25) is 0 Å². The number of nitrogens with zero attached hydrogens (tertiary/aromatic N) is 1. The van der Waals surface area contributed by atoms with Gasteiger partial charge in [0.25, 0.3) is 0 Å². The highest BCUT2D eigenvalue weighted by molar-refractivity contribution is 5.28. The van der Waals surface area contributed by atoms with E-state index >= 15 is 0 Å². The van der Waals surface area contributed by atoms with Gasteiger partial charge < -0.3 is 11.1 Å². The lowest BCUT2D eigenvalue weighted by Crippen LogP contribution is -2.34. The predicted octanol–water partition coefficient (Wildman–Crippen LogP) is 1.31. The van der Waals surface area contributed by atoms with Gasteiger partial charge in [0.1, 0.15) is 5.82 Å². The van der Waals surface area contributed by atoms with E-state index in [4.69, 9.17) is 5.73 Å². The lowest BCUT2D eigenvalue weighted by molar-refractivity contribution is 0.337. The van der Waals surface area contributed by atoms with E-state index in [0.717, 1.165) is 12.2 Å². The SMILES string of the molecule is Nc1cccc(CNC2CCC2)n1. The fourth-order valence-electron chi connectivity index (χ4n) is 1.46. The van der Waals surface area contributed by atoms with Gasteiger partial charge in [0, 0.05) is 12.6 Å². The van der Waals surface area contributed by atoms with E-state index in [0.29, 0.717) is 11.9 Å². The maximum atomic E-state index is 5.57. The molecule has 0 aliphatic heterocycles. The molecule has 0 saturated heterocycles. The zero-order valence-electron chi connectivity index (χ0n) is 7.66. The number of anilines is 1. The lowest BCUT2D eigenvalue weighted by Gasteiger charge is -2.26. The first kappa shape index (κ1) is 8.51. The van der Waals surface area contributed by atoms with Crippen molar-refractivity contribution in [2.45, 2.75) is 31.8 Å².